The third kappa shape index (κ3) is 1.67. The van der Waals surface area contributed by atoms with Crippen LogP contribution in [0.1, 0.15) is 5.69 Å². The molecule has 1 aromatic carbocycles. The van der Waals surface area contributed by atoms with Crippen LogP contribution in [0.5, 0.6) is 0 Å². The molecule has 5 nitrogen and oxygen atoms in total. The molecule has 0 aliphatic rings. The number of nitro groups is 1. The molecular weight excluding hydrogens is 237 g/mol. The van der Waals surface area contributed by atoms with Crippen molar-refractivity contribution in [2.24, 2.45) is 0 Å². The standard InChI is InChI=1S/C9H5ClFN3O2/c1-4-9(10)13-7-3-8(14(15)16)5(11)2-6(7)12-4/h2-3H,1H3. The van der Waals surface area contributed by atoms with Gasteiger partial charge in [-0.15, -0.1) is 0 Å². The Hall–Kier alpha value is -1.82. The Morgan fingerprint density at radius 2 is 2.00 bits per heavy atom. The molecule has 2 aromatic rings. The van der Waals surface area contributed by atoms with Crippen LogP contribution in [-0.4, -0.2) is 14.9 Å². The Bertz CT molecular complexity index is 603. The van der Waals surface area contributed by atoms with Gasteiger partial charge < -0.3 is 0 Å². The maximum atomic E-state index is 13.3. The first-order valence-electron chi connectivity index (χ1n) is 4.27. The number of benzene rings is 1. The highest BCUT2D eigenvalue weighted by Crippen LogP contribution is 2.24. The average molecular weight is 242 g/mol. The maximum Gasteiger partial charge on any atom is 0.307 e. The van der Waals surface area contributed by atoms with Gasteiger partial charge in [-0.05, 0) is 6.92 Å². The normalized spacial score (nSPS) is 10.7. The van der Waals surface area contributed by atoms with Crippen LogP contribution in [-0.2, 0) is 0 Å². The van der Waals surface area contributed by atoms with E-state index in [1.165, 1.54) is 0 Å². The number of halogens is 2. The highest BCUT2D eigenvalue weighted by atomic mass is 35.5. The summed E-state index contributed by atoms with van der Waals surface area (Å²) < 4.78 is 13.3. The van der Waals surface area contributed by atoms with Crippen LogP contribution >= 0.6 is 11.6 Å². The van der Waals surface area contributed by atoms with Crippen molar-refractivity contribution >= 4 is 28.3 Å². The molecule has 1 aromatic heterocycles. The molecule has 0 spiro atoms. The number of aryl methyl sites for hydroxylation is 1. The summed E-state index contributed by atoms with van der Waals surface area (Å²) in [6, 6.07) is 1.99. The monoisotopic (exact) mass is 241 g/mol. The highest BCUT2D eigenvalue weighted by Gasteiger charge is 2.16. The van der Waals surface area contributed by atoms with E-state index in [9.17, 15) is 14.5 Å². The number of fused-ring (bicyclic) bond motifs is 1. The molecule has 0 saturated carbocycles. The van der Waals surface area contributed by atoms with Gasteiger partial charge in [0, 0.05) is 12.1 Å². The SMILES string of the molecule is Cc1nc2cc(F)c([N+](=O)[O-])cc2nc1Cl. The number of nitrogens with zero attached hydrogens (tertiary/aromatic N) is 3. The van der Waals surface area contributed by atoms with Crippen molar-refractivity contribution in [3.8, 4) is 0 Å². The number of nitro benzene ring substituents is 1. The van der Waals surface area contributed by atoms with Gasteiger partial charge in [0.25, 0.3) is 0 Å². The van der Waals surface area contributed by atoms with Crippen LogP contribution < -0.4 is 0 Å². The van der Waals surface area contributed by atoms with Crippen LogP contribution in [0.25, 0.3) is 11.0 Å². The van der Waals surface area contributed by atoms with Gasteiger partial charge in [0.15, 0.2) is 5.15 Å². The molecule has 0 aliphatic carbocycles. The number of hydrogen-bond acceptors (Lipinski definition) is 4. The van der Waals surface area contributed by atoms with E-state index in [1.54, 1.807) is 6.92 Å². The molecule has 16 heavy (non-hydrogen) atoms. The fraction of sp³-hybridized carbons (Fsp3) is 0.111. The van der Waals surface area contributed by atoms with E-state index in [-0.39, 0.29) is 16.2 Å². The van der Waals surface area contributed by atoms with Crippen molar-refractivity contribution in [3.05, 3.63) is 38.9 Å². The van der Waals surface area contributed by atoms with E-state index < -0.39 is 16.4 Å². The second-order valence-corrected chi connectivity index (χ2v) is 3.51. The Kier molecular flexibility index (Phi) is 2.43. The summed E-state index contributed by atoms with van der Waals surface area (Å²) in [4.78, 5) is 17.6. The van der Waals surface area contributed by atoms with Crippen LogP contribution in [0, 0.1) is 22.9 Å². The first-order valence-corrected chi connectivity index (χ1v) is 4.64. The average Bonchev–Trinajstić information content (AvgIpc) is 2.19. The van der Waals surface area contributed by atoms with Gasteiger partial charge in [-0.1, -0.05) is 11.6 Å². The van der Waals surface area contributed by atoms with E-state index in [2.05, 4.69) is 9.97 Å². The zero-order valence-corrected chi connectivity index (χ0v) is 8.82. The molecule has 7 heteroatoms. The smallest absolute Gasteiger partial charge is 0.258 e. The van der Waals surface area contributed by atoms with Gasteiger partial charge in [-0.3, -0.25) is 10.1 Å². The molecule has 0 fully saturated rings. The number of aromatic nitrogens is 2. The van der Waals surface area contributed by atoms with E-state index in [1.807, 2.05) is 0 Å². The van der Waals surface area contributed by atoms with Crippen LogP contribution in [0.4, 0.5) is 10.1 Å². The molecule has 0 atom stereocenters. The van der Waals surface area contributed by atoms with E-state index in [0.717, 1.165) is 12.1 Å². The molecule has 0 saturated heterocycles. The summed E-state index contributed by atoms with van der Waals surface area (Å²) in [6.07, 6.45) is 0. The van der Waals surface area contributed by atoms with Crippen LogP contribution in [0.15, 0.2) is 12.1 Å². The van der Waals surface area contributed by atoms with Crippen LogP contribution in [0.2, 0.25) is 5.15 Å². The van der Waals surface area contributed by atoms with Crippen molar-refractivity contribution in [1.29, 1.82) is 0 Å². The summed E-state index contributed by atoms with van der Waals surface area (Å²) in [5.74, 6) is -0.937. The van der Waals surface area contributed by atoms with Crippen molar-refractivity contribution in [2.45, 2.75) is 6.92 Å². The van der Waals surface area contributed by atoms with Crippen LogP contribution in [0.3, 0.4) is 0 Å². The molecule has 0 bridgehead atoms. The molecular formula is C9H5ClFN3O2. The molecule has 1 heterocycles. The van der Waals surface area contributed by atoms with Crippen molar-refractivity contribution in [3.63, 3.8) is 0 Å². The summed E-state index contributed by atoms with van der Waals surface area (Å²) >= 11 is 5.72. The Labute approximate surface area is 94.0 Å². The fourth-order valence-electron chi connectivity index (χ4n) is 1.27. The van der Waals surface area contributed by atoms with Gasteiger partial charge >= 0.3 is 5.69 Å². The number of hydrogen-bond donors (Lipinski definition) is 0. The third-order valence-electron chi connectivity index (χ3n) is 2.05. The predicted octanol–water partition coefficient (Wildman–Crippen LogP) is 2.64. The topological polar surface area (TPSA) is 68.9 Å². The minimum Gasteiger partial charge on any atom is -0.258 e. The lowest BCUT2D eigenvalue weighted by molar-refractivity contribution is -0.387. The van der Waals surface area contributed by atoms with Crippen molar-refractivity contribution in [1.82, 2.24) is 9.97 Å². The van der Waals surface area contributed by atoms with Crippen molar-refractivity contribution < 1.29 is 9.31 Å². The summed E-state index contributed by atoms with van der Waals surface area (Å²) in [7, 11) is 0. The van der Waals surface area contributed by atoms with E-state index in [4.69, 9.17) is 11.6 Å². The quantitative estimate of drug-likeness (QED) is 0.568. The summed E-state index contributed by atoms with van der Waals surface area (Å²) in [5.41, 5.74) is 0.248. The molecule has 0 unspecified atom stereocenters. The number of rotatable bonds is 1. The van der Waals surface area contributed by atoms with E-state index >= 15 is 0 Å². The van der Waals surface area contributed by atoms with Crippen molar-refractivity contribution in [2.75, 3.05) is 0 Å². The van der Waals surface area contributed by atoms with E-state index in [0.29, 0.717) is 5.69 Å². The lowest BCUT2D eigenvalue weighted by atomic mass is 10.2. The van der Waals surface area contributed by atoms with Gasteiger partial charge in [0.2, 0.25) is 5.82 Å². The second kappa shape index (κ2) is 3.64. The van der Waals surface area contributed by atoms with Gasteiger partial charge in [-0.25, -0.2) is 9.97 Å². The van der Waals surface area contributed by atoms with Gasteiger partial charge in [0.05, 0.1) is 21.7 Å². The van der Waals surface area contributed by atoms with Gasteiger partial charge in [0.1, 0.15) is 0 Å². The molecule has 0 N–H and O–H groups in total. The molecule has 82 valence electrons. The lowest BCUT2D eigenvalue weighted by Gasteiger charge is -2.01. The maximum absolute atomic E-state index is 13.3. The second-order valence-electron chi connectivity index (χ2n) is 3.15. The predicted molar refractivity (Wildman–Crippen MR) is 55.9 cm³/mol. The highest BCUT2D eigenvalue weighted by molar-refractivity contribution is 6.30. The Morgan fingerprint density at radius 3 is 2.62 bits per heavy atom. The molecule has 0 amide bonds. The summed E-state index contributed by atoms with van der Waals surface area (Å²) in [5, 5.41) is 10.6. The zero-order chi connectivity index (χ0) is 11.9. The zero-order valence-electron chi connectivity index (χ0n) is 8.07. The first-order chi connectivity index (χ1) is 7.49. The minimum absolute atomic E-state index is 0.147. The minimum atomic E-state index is -0.937. The molecule has 0 aliphatic heterocycles. The fourth-order valence-corrected chi connectivity index (χ4v) is 1.41. The van der Waals surface area contributed by atoms with Gasteiger partial charge in [-0.2, -0.15) is 4.39 Å². The Balaban J connectivity index is 2.79. The Morgan fingerprint density at radius 1 is 1.38 bits per heavy atom. The largest absolute Gasteiger partial charge is 0.307 e. The first kappa shape index (κ1) is 10.7. The molecule has 2 rings (SSSR count). The third-order valence-corrected chi connectivity index (χ3v) is 2.40. The molecule has 0 radical (unpaired) electrons. The summed E-state index contributed by atoms with van der Waals surface area (Å²) in [6.45, 7) is 1.62. The lowest BCUT2D eigenvalue weighted by Crippen LogP contribution is -1.96.